The van der Waals surface area contributed by atoms with Crippen LogP contribution >= 0.6 is 0 Å². The minimum atomic E-state index is -1.13. The molecule has 2 N–H and O–H groups in total. The molecule has 0 aliphatic carbocycles. The van der Waals surface area contributed by atoms with Gasteiger partial charge in [0, 0.05) is 17.8 Å². The third kappa shape index (κ3) is 3.79. The van der Waals surface area contributed by atoms with E-state index in [1.54, 1.807) is 0 Å². The summed E-state index contributed by atoms with van der Waals surface area (Å²) in [4.78, 5) is 23.8. The lowest BCUT2D eigenvalue weighted by Crippen LogP contribution is -2.17. The van der Waals surface area contributed by atoms with E-state index < -0.39 is 5.97 Å². The van der Waals surface area contributed by atoms with Crippen LogP contribution in [0.4, 0.5) is 5.69 Å². The topological polar surface area (TPSA) is 103 Å². The SMILES string of the molecule is CCn1nc(C)c(CC(=O)Nc2cc(C(=O)O)cc(OC)c2OC)c1C. The van der Waals surface area contributed by atoms with Crippen LogP contribution < -0.4 is 14.8 Å². The van der Waals surface area contributed by atoms with Crippen molar-refractivity contribution >= 4 is 17.6 Å². The highest BCUT2D eigenvalue weighted by atomic mass is 16.5. The van der Waals surface area contributed by atoms with E-state index in [0.29, 0.717) is 0 Å². The third-order valence-corrected chi connectivity index (χ3v) is 4.17. The maximum absolute atomic E-state index is 12.5. The molecule has 0 fully saturated rings. The molecule has 1 amide bonds. The maximum atomic E-state index is 12.5. The van der Waals surface area contributed by atoms with Gasteiger partial charge >= 0.3 is 5.97 Å². The summed E-state index contributed by atoms with van der Waals surface area (Å²) in [6.07, 6.45) is 0.125. The molecule has 0 aliphatic heterocycles. The highest BCUT2D eigenvalue weighted by molar-refractivity contribution is 5.97. The van der Waals surface area contributed by atoms with E-state index in [9.17, 15) is 14.7 Å². The summed E-state index contributed by atoms with van der Waals surface area (Å²) in [6.45, 7) is 6.48. The van der Waals surface area contributed by atoms with E-state index in [-0.39, 0.29) is 35.1 Å². The molecule has 0 saturated heterocycles. The Kier molecular flexibility index (Phi) is 5.86. The summed E-state index contributed by atoms with van der Waals surface area (Å²) in [5, 5.41) is 16.4. The predicted octanol–water partition coefficient (Wildman–Crippen LogP) is 2.42. The number of rotatable bonds is 7. The lowest BCUT2D eigenvalue weighted by atomic mass is 10.1. The van der Waals surface area contributed by atoms with Gasteiger partial charge in [0.15, 0.2) is 11.5 Å². The van der Waals surface area contributed by atoms with Gasteiger partial charge in [-0.1, -0.05) is 0 Å². The molecule has 0 atom stereocenters. The Bertz CT molecular complexity index is 842. The summed E-state index contributed by atoms with van der Waals surface area (Å²) >= 11 is 0. The van der Waals surface area contributed by atoms with Crippen molar-refractivity contribution in [1.29, 1.82) is 0 Å². The zero-order valence-corrected chi connectivity index (χ0v) is 15.5. The lowest BCUT2D eigenvalue weighted by molar-refractivity contribution is -0.115. The van der Waals surface area contributed by atoms with Crippen LogP contribution in [-0.4, -0.2) is 41.0 Å². The molecule has 1 heterocycles. The number of carbonyl (C=O) groups is 2. The van der Waals surface area contributed by atoms with Gasteiger partial charge in [0.25, 0.3) is 0 Å². The molecule has 2 rings (SSSR count). The number of nitrogens with zero attached hydrogens (tertiary/aromatic N) is 2. The van der Waals surface area contributed by atoms with Crippen molar-refractivity contribution in [3.8, 4) is 11.5 Å². The molecule has 0 spiro atoms. The van der Waals surface area contributed by atoms with Crippen LogP contribution in [0.3, 0.4) is 0 Å². The minimum absolute atomic E-state index is 0.0101. The fourth-order valence-electron chi connectivity index (χ4n) is 2.83. The van der Waals surface area contributed by atoms with Gasteiger partial charge in [0.2, 0.25) is 5.91 Å². The van der Waals surface area contributed by atoms with Crippen molar-refractivity contribution in [2.45, 2.75) is 33.7 Å². The highest BCUT2D eigenvalue weighted by Crippen LogP contribution is 2.36. The van der Waals surface area contributed by atoms with E-state index in [4.69, 9.17) is 9.47 Å². The maximum Gasteiger partial charge on any atom is 0.335 e. The van der Waals surface area contributed by atoms with Crippen molar-refractivity contribution in [3.63, 3.8) is 0 Å². The molecule has 1 aromatic carbocycles. The van der Waals surface area contributed by atoms with Crippen LogP contribution in [0.2, 0.25) is 0 Å². The van der Waals surface area contributed by atoms with Gasteiger partial charge in [0.05, 0.1) is 37.6 Å². The Labute approximate surface area is 151 Å². The van der Waals surface area contributed by atoms with Crippen LogP contribution in [0, 0.1) is 13.8 Å². The van der Waals surface area contributed by atoms with Gasteiger partial charge in [-0.2, -0.15) is 5.10 Å². The number of methoxy groups -OCH3 is 2. The first-order chi connectivity index (χ1) is 12.3. The van der Waals surface area contributed by atoms with Gasteiger partial charge in [-0.15, -0.1) is 0 Å². The quantitative estimate of drug-likeness (QED) is 0.785. The van der Waals surface area contributed by atoms with Crippen molar-refractivity contribution in [1.82, 2.24) is 9.78 Å². The molecule has 26 heavy (non-hydrogen) atoms. The molecular formula is C18H23N3O5. The first-order valence-corrected chi connectivity index (χ1v) is 8.14. The van der Waals surface area contributed by atoms with Crippen molar-refractivity contribution in [3.05, 3.63) is 34.6 Å². The van der Waals surface area contributed by atoms with Crippen molar-refractivity contribution in [2.75, 3.05) is 19.5 Å². The molecule has 0 radical (unpaired) electrons. The second-order valence-electron chi connectivity index (χ2n) is 5.75. The number of amides is 1. The van der Waals surface area contributed by atoms with Crippen molar-refractivity contribution < 1.29 is 24.2 Å². The number of aromatic nitrogens is 2. The Hall–Kier alpha value is -3.03. The van der Waals surface area contributed by atoms with Gasteiger partial charge < -0.3 is 19.9 Å². The lowest BCUT2D eigenvalue weighted by Gasteiger charge is -2.15. The Balaban J connectivity index is 2.32. The molecule has 0 saturated carbocycles. The normalized spacial score (nSPS) is 10.5. The number of carboxylic acid groups (broad SMARTS) is 1. The molecule has 8 heteroatoms. The minimum Gasteiger partial charge on any atom is -0.493 e. The fraction of sp³-hybridized carbons (Fsp3) is 0.389. The number of aromatic carboxylic acids is 1. The largest absolute Gasteiger partial charge is 0.493 e. The van der Waals surface area contributed by atoms with E-state index in [1.165, 1.54) is 26.4 Å². The smallest absolute Gasteiger partial charge is 0.335 e. The number of nitrogens with one attached hydrogen (secondary N) is 1. The number of ether oxygens (including phenoxy) is 2. The Morgan fingerprint density at radius 2 is 1.92 bits per heavy atom. The number of hydrogen-bond acceptors (Lipinski definition) is 5. The number of aryl methyl sites for hydroxylation is 2. The number of carbonyl (C=O) groups excluding carboxylic acids is 1. The molecule has 0 bridgehead atoms. The molecular weight excluding hydrogens is 338 g/mol. The predicted molar refractivity (Wildman–Crippen MR) is 96.2 cm³/mol. The molecule has 140 valence electrons. The number of hydrogen-bond donors (Lipinski definition) is 2. The average molecular weight is 361 g/mol. The molecule has 2 aromatic rings. The second-order valence-corrected chi connectivity index (χ2v) is 5.75. The monoisotopic (exact) mass is 361 g/mol. The number of benzene rings is 1. The molecule has 1 aromatic heterocycles. The summed E-state index contributed by atoms with van der Waals surface area (Å²) in [5.41, 5.74) is 2.81. The standard InChI is InChI=1S/C18H23N3O5/c1-6-21-11(3)13(10(2)20-21)9-16(22)19-14-7-12(18(23)24)8-15(25-4)17(14)26-5/h7-8H,6,9H2,1-5H3,(H,19,22)(H,23,24). The molecule has 0 unspecified atom stereocenters. The van der Waals surface area contributed by atoms with Crippen LogP contribution in [0.1, 0.15) is 34.2 Å². The zero-order chi connectivity index (χ0) is 19.4. The summed E-state index contributed by atoms with van der Waals surface area (Å²) in [6, 6.07) is 2.69. The number of anilines is 1. The van der Waals surface area contributed by atoms with E-state index in [0.717, 1.165) is 23.5 Å². The van der Waals surface area contributed by atoms with Crippen LogP contribution in [0.25, 0.3) is 0 Å². The number of carboxylic acids is 1. The first-order valence-electron chi connectivity index (χ1n) is 8.14. The Morgan fingerprint density at radius 3 is 2.42 bits per heavy atom. The summed E-state index contributed by atoms with van der Waals surface area (Å²) in [7, 11) is 2.83. The van der Waals surface area contributed by atoms with E-state index in [1.807, 2.05) is 25.5 Å². The van der Waals surface area contributed by atoms with Gasteiger partial charge in [-0.25, -0.2) is 4.79 Å². The second kappa shape index (κ2) is 7.90. The molecule has 0 aliphatic rings. The average Bonchev–Trinajstić information content (AvgIpc) is 2.88. The first kappa shape index (κ1) is 19.3. The highest BCUT2D eigenvalue weighted by Gasteiger charge is 2.19. The van der Waals surface area contributed by atoms with Crippen LogP contribution in [0.15, 0.2) is 12.1 Å². The van der Waals surface area contributed by atoms with Crippen molar-refractivity contribution in [2.24, 2.45) is 0 Å². The Morgan fingerprint density at radius 1 is 1.23 bits per heavy atom. The third-order valence-electron chi connectivity index (χ3n) is 4.17. The summed E-state index contributed by atoms with van der Waals surface area (Å²) < 4.78 is 12.3. The molecule has 8 nitrogen and oxygen atoms in total. The van der Waals surface area contributed by atoms with Crippen LogP contribution in [-0.2, 0) is 17.8 Å². The van der Waals surface area contributed by atoms with E-state index >= 15 is 0 Å². The summed E-state index contributed by atoms with van der Waals surface area (Å²) in [5.74, 6) is -0.926. The van der Waals surface area contributed by atoms with Gasteiger partial charge in [-0.3, -0.25) is 9.48 Å². The fourth-order valence-corrected chi connectivity index (χ4v) is 2.83. The van der Waals surface area contributed by atoms with Gasteiger partial charge in [0.1, 0.15) is 0 Å². The van der Waals surface area contributed by atoms with Crippen LogP contribution in [0.5, 0.6) is 11.5 Å². The zero-order valence-electron chi connectivity index (χ0n) is 15.5. The van der Waals surface area contributed by atoms with Gasteiger partial charge in [-0.05, 0) is 32.9 Å². The van der Waals surface area contributed by atoms with E-state index in [2.05, 4.69) is 10.4 Å².